The molecule has 1 aliphatic carbocycles. The summed E-state index contributed by atoms with van der Waals surface area (Å²) in [5.41, 5.74) is 7.34. The molecule has 20 heavy (non-hydrogen) atoms. The van der Waals surface area contributed by atoms with Gasteiger partial charge in [-0.2, -0.15) is 0 Å². The van der Waals surface area contributed by atoms with Crippen LogP contribution in [-0.4, -0.2) is 23.6 Å². The highest BCUT2D eigenvalue weighted by atomic mass is 35.5. The SMILES string of the molecule is NC(=NO)c1ccc(N2CCCC3CCCC32)c(Cl)c1. The molecule has 1 saturated carbocycles. The molecule has 0 bridgehead atoms. The summed E-state index contributed by atoms with van der Waals surface area (Å²) >= 11 is 6.42. The summed E-state index contributed by atoms with van der Waals surface area (Å²) in [5.74, 6) is 0.916. The third-order valence-electron chi connectivity index (χ3n) is 4.65. The number of anilines is 1. The smallest absolute Gasteiger partial charge is 0.170 e. The molecule has 2 fully saturated rings. The average molecular weight is 294 g/mol. The second-order valence-corrected chi connectivity index (χ2v) is 6.15. The van der Waals surface area contributed by atoms with Crippen LogP contribution in [0.2, 0.25) is 5.02 Å². The molecule has 0 radical (unpaired) electrons. The fraction of sp³-hybridized carbons (Fsp3) is 0.533. The van der Waals surface area contributed by atoms with E-state index in [0.717, 1.165) is 18.2 Å². The normalized spacial score (nSPS) is 26.6. The van der Waals surface area contributed by atoms with Crippen LogP contribution in [0.4, 0.5) is 5.69 Å². The Labute approximate surface area is 124 Å². The van der Waals surface area contributed by atoms with Crippen molar-refractivity contribution in [2.45, 2.75) is 38.1 Å². The molecule has 0 aromatic heterocycles. The third-order valence-corrected chi connectivity index (χ3v) is 4.96. The van der Waals surface area contributed by atoms with Crippen LogP contribution >= 0.6 is 11.6 Å². The highest BCUT2D eigenvalue weighted by molar-refractivity contribution is 6.33. The van der Waals surface area contributed by atoms with Crippen molar-refractivity contribution in [1.29, 1.82) is 0 Å². The number of rotatable bonds is 2. The molecule has 1 aromatic rings. The fourth-order valence-corrected chi connectivity index (χ4v) is 4.00. The predicted molar refractivity (Wildman–Crippen MR) is 81.7 cm³/mol. The lowest BCUT2D eigenvalue weighted by molar-refractivity contribution is 0.318. The van der Waals surface area contributed by atoms with Gasteiger partial charge in [-0.1, -0.05) is 23.2 Å². The number of amidine groups is 1. The van der Waals surface area contributed by atoms with Crippen molar-refractivity contribution in [2.24, 2.45) is 16.8 Å². The van der Waals surface area contributed by atoms with Crippen molar-refractivity contribution in [3.63, 3.8) is 0 Å². The van der Waals surface area contributed by atoms with Crippen molar-refractivity contribution in [2.75, 3.05) is 11.4 Å². The van der Waals surface area contributed by atoms with E-state index >= 15 is 0 Å². The monoisotopic (exact) mass is 293 g/mol. The van der Waals surface area contributed by atoms with Crippen molar-refractivity contribution < 1.29 is 5.21 Å². The first kappa shape index (κ1) is 13.6. The molecule has 2 aliphatic rings. The topological polar surface area (TPSA) is 61.9 Å². The van der Waals surface area contributed by atoms with Crippen LogP contribution < -0.4 is 10.6 Å². The molecule has 5 heteroatoms. The number of hydrogen-bond acceptors (Lipinski definition) is 3. The summed E-state index contributed by atoms with van der Waals surface area (Å²) in [4.78, 5) is 2.46. The molecule has 1 saturated heterocycles. The highest BCUT2D eigenvalue weighted by Crippen LogP contribution is 2.41. The molecule has 1 aliphatic heterocycles. The number of oxime groups is 1. The lowest BCUT2D eigenvalue weighted by Gasteiger charge is -2.40. The van der Waals surface area contributed by atoms with Gasteiger partial charge < -0.3 is 15.8 Å². The van der Waals surface area contributed by atoms with E-state index in [1.807, 2.05) is 12.1 Å². The summed E-state index contributed by atoms with van der Waals surface area (Å²) in [6.45, 7) is 1.07. The van der Waals surface area contributed by atoms with Gasteiger partial charge >= 0.3 is 0 Å². The second-order valence-electron chi connectivity index (χ2n) is 5.75. The van der Waals surface area contributed by atoms with E-state index in [2.05, 4.69) is 10.1 Å². The number of piperidine rings is 1. The van der Waals surface area contributed by atoms with E-state index in [1.54, 1.807) is 6.07 Å². The Morgan fingerprint density at radius 1 is 1.30 bits per heavy atom. The molecular weight excluding hydrogens is 274 g/mol. The van der Waals surface area contributed by atoms with Crippen LogP contribution in [-0.2, 0) is 0 Å². The molecule has 0 amide bonds. The van der Waals surface area contributed by atoms with E-state index in [0.29, 0.717) is 16.6 Å². The van der Waals surface area contributed by atoms with Crippen LogP contribution in [0.25, 0.3) is 0 Å². The largest absolute Gasteiger partial charge is 0.409 e. The summed E-state index contributed by atoms with van der Waals surface area (Å²) in [5, 5.41) is 12.4. The van der Waals surface area contributed by atoms with Gasteiger partial charge in [-0.25, -0.2) is 0 Å². The van der Waals surface area contributed by atoms with E-state index < -0.39 is 0 Å². The maximum atomic E-state index is 8.73. The minimum Gasteiger partial charge on any atom is -0.409 e. The van der Waals surface area contributed by atoms with E-state index in [1.165, 1.54) is 32.1 Å². The summed E-state index contributed by atoms with van der Waals surface area (Å²) in [6, 6.07) is 6.28. The zero-order valence-corrected chi connectivity index (χ0v) is 12.2. The lowest BCUT2D eigenvalue weighted by atomic mass is 9.91. The number of nitrogens with zero attached hydrogens (tertiary/aromatic N) is 2. The average Bonchev–Trinajstić information content (AvgIpc) is 2.95. The molecule has 4 nitrogen and oxygen atoms in total. The first-order valence-electron chi connectivity index (χ1n) is 7.25. The van der Waals surface area contributed by atoms with Crippen LogP contribution in [0.3, 0.4) is 0 Å². The van der Waals surface area contributed by atoms with Gasteiger partial charge in [0.15, 0.2) is 5.84 Å². The van der Waals surface area contributed by atoms with Gasteiger partial charge in [0.25, 0.3) is 0 Å². The predicted octanol–water partition coefficient (Wildman–Crippen LogP) is 3.20. The van der Waals surface area contributed by atoms with Crippen molar-refractivity contribution in [3.05, 3.63) is 28.8 Å². The fourth-order valence-electron chi connectivity index (χ4n) is 3.71. The molecule has 2 atom stereocenters. The number of halogens is 1. The maximum Gasteiger partial charge on any atom is 0.170 e. The standard InChI is InChI=1S/C15H20ClN3O/c16-12-9-11(15(17)18-20)6-7-14(12)19-8-2-4-10-3-1-5-13(10)19/h6-7,9-10,13,20H,1-5,8H2,(H2,17,18). The summed E-state index contributed by atoms with van der Waals surface area (Å²) in [7, 11) is 0. The van der Waals surface area contributed by atoms with Crippen molar-refractivity contribution in [3.8, 4) is 0 Å². The minimum absolute atomic E-state index is 0.0934. The number of hydrogen-bond donors (Lipinski definition) is 2. The number of nitrogens with two attached hydrogens (primary N) is 1. The first-order valence-corrected chi connectivity index (χ1v) is 7.62. The van der Waals surface area contributed by atoms with Gasteiger partial charge in [-0.05, 0) is 49.8 Å². The van der Waals surface area contributed by atoms with Crippen LogP contribution in [0, 0.1) is 5.92 Å². The molecule has 3 N–H and O–H groups in total. The van der Waals surface area contributed by atoms with Crippen LogP contribution in [0.5, 0.6) is 0 Å². The van der Waals surface area contributed by atoms with Crippen molar-refractivity contribution in [1.82, 2.24) is 0 Å². The zero-order valence-electron chi connectivity index (χ0n) is 11.4. The third kappa shape index (κ3) is 2.33. The maximum absolute atomic E-state index is 8.73. The Hall–Kier alpha value is -1.42. The van der Waals surface area contributed by atoms with Gasteiger partial charge in [-0.15, -0.1) is 0 Å². The molecule has 1 heterocycles. The second kappa shape index (κ2) is 5.52. The summed E-state index contributed by atoms with van der Waals surface area (Å²) in [6.07, 6.45) is 6.52. The van der Waals surface area contributed by atoms with Gasteiger partial charge in [0.2, 0.25) is 0 Å². The van der Waals surface area contributed by atoms with Crippen LogP contribution in [0.1, 0.15) is 37.7 Å². The Kier molecular flexibility index (Phi) is 3.74. The van der Waals surface area contributed by atoms with Gasteiger partial charge in [-0.3, -0.25) is 0 Å². The molecular formula is C15H20ClN3O. The van der Waals surface area contributed by atoms with E-state index in [-0.39, 0.29) is 5.84 Å². The van der Waals surface area contributed by atoms with Crippen molar-refractivity contribution >= 4 is 23.1 Å². The molecule has 3 rings (SSSR count). The van der Waals surface area contributed by atoms with Gasteiger partial charge in [0.05, 0.1) is 10.7 Å². The zero-order chi connectivity index (χ0) is 14.1. The van der Waals surface area contributed by atoms with Crippen LogP contribution in [0.15, 0.2) is 23.4 Å². The van der Waals surface area contributed by atoms with E-state index in [4.69, 9.17) is 22.5 Å². The first-order chi connectivity index (χ1) is 9.70. The minimum atomic E-state index is 0.0934. The molecule has 108 valence electrons. The Balaban J connectivity index is 1.90. The van der Waals surface area contributed by atoms with Gasteiger partial charge in [0, 0.05) is 18.2 Å². The number of fused-ring (bicyclic) bond motifs is 1. The molecule has 1 aromatic carbocycles. The highest BCUT2D eigenvalue weighted by Gasteiger charge is 2.35. The van der Waals surface area contributed by atoms with Gasteiger partial charge in [0.1, 0.15) is 0 Å². The Morgan fingerprint density at radius 2 is 2.10 bits per heavy atom. The Bertz CT molecular complexity index is 532. The molecule has 0 spiro atoms. The molecule has 2 unspecified atom stereocenters. The quantitative estimate of drug-likeness (QED) is 0.381. The summed E-state index contributed by atoms with van der Waals surface area (Å²) < 4.78 is 0. The Morgan fingerprint density at radius 3 is 2.85 bits per heavy atom. The van der Waals surface area contributed by atoms with E-state index in [9.17, 15) is 0 Å². The number of benzene rings is 1. The lowest BCUT2D eigenvalue weighted by Crippen LogP contribution is -2.42.